The predicted octanol–water partition coefficient (Wildman–Crippen LogP) is 2.73. The maximum absolute atomic E-state index is 12.7. The van der Waals surface area contributed by atoms with E-state index >= 15 is 0 Å². The SMILES string of the molecule is CCN(Cc1ccncc1)C(=O)CC1(CN)CCCCC1. The Morgan fingerprint density at radius 2 is 1.95 bits per heavy atom. The summed E-state index contributed by atoms with van der Waals surface area (Å²) in [4.78, 5) is 18.6. The third-order valence-electron chi connectivity index (χ3n) is 4.73. The molecule has 2 rings (SSSR count). The minimum atomic E-state index is 0.0427. The second-order valence-corrected chi connectivity index (χ2v) is 6.20. The first-order valence-corrected chi connectivity index (χ1v) is 8.06. The Bertz CT molecular complexity index is 441. The van der Waals surface area contributed by atoms with Gasteiger partial charge in [0.2, 0.25) is 5.91 Å². The van der Waals surface area contributed by atoms with Gasteiger partial charge < -0.3 is 10.6 Å². The summed E-state index contributed by atoms with van der Waals surface area (Å²) in [7, 11) is 0. The van der Waals surface area contributed by atoms with Gasteiger partial charge in [0.1, 0.15) is 0 Å². The average molecular weight is 289 g/mol. The van der Waals surface area contributed by atoms with Crippen molar-refractivity contribution in [3.8, 4) is 0 Å². The molecule has 21 heavy (non-hydrogen) atoms. The van der Waals surface area contributed by atoms with Gasteiger partial charge in [0.15, 0.2) is 0 Å². The fourth-order valence-electron chi connectivity index (χ4n) is 3.27. The van der Waals surface area contributed by atoms with E-state index in [0.29, 0.717) is 19.5 Å². The van der Waals surface area contributed by atoms with E-state index in [-0.39, 0.29) is 11.3 Å². The van der Waals surface area contributed by atoms with Crippen molar-refractivity contribution in [1.29, 1.82) is 0 Å². The summed E-state index contributed by atoms with van der Waals surface area (Å²) >= 11 is 0. The van der Waals surface area contributed by atoms with Crippen LogP contribution in [0.5, 0.6) is 0 Å². The van der Waals surface area contributed by atoms with E-state index in [1.807, 2.05) is 24.0 Å². The first-order valence-electron chi connectivity index (χ1n) is 8.06. The second kappa shape index (κ2) is 7.55. The molecule has 1 heterocycles. The fourth-order valence-corrected chi connectivity index (χ4v) is 3.27. The summed E-state index contributed by atoms with van der Waals surface area (Å²) in [5, 5.41) is 0. The first-order chi connectivity index (χ1) is 10.2. The molecule has 1 aliphatic rings. The molecule has 4 heteroatoms. The molecule has 1 fully saturated rings. The van der Waals surface area contributed by atoms with E-state index in [0.717, 1.165) is 24.9 Å². The molecule has 0 spiro atoms. The molecule has 0 atom stereocenters. The molecule has 0 aromatic carbocycles. The molecule has 1 aromatic heterocycles. The maximum Gasteiger partial charge on any atom is 0.223 e. The smallest absolute Gasteiger partial charge is 0.223 e. The number of pyridine rings is 1. The topological polar surface area (TPSA) is 59.2 Å². The molecule has 1 saturated carbocycles. The highest BCUT2D eigenvalue weighted by atomic mass is 16.2. The lowest BCUT2D eigenvalue weighted by atomic mass is 9.71. The second-order valence-electron chi connectivity index (χ2n) is 6.20. The number of rotatable bonds is 6. The van der Waals surface area contributed by atoms with E-state index < -0.39 is 0 Å². The van der Waals surface area contributed by atoms with Gasteiger partial charge in [-0.3, -0.25) is 9.78 Å². The van der Waals surface area contributed by atoms with Crippen LogP contribution in [0, 0.1) is 5.41 Å². The Morgan fingerprint density at radius 1 is 1.29 bits per heavy atom. The van der Waals surface area contributed by atoms with Gasteiger partial charge >= 0.3 is 0 Å². The molecule has 4 nitrogen and oxygen atoms in total. The normalized spacial score (nSPS) is 17.4. The minimum absolute atomic E-state index is 0.0427. The van der Waals surface area contributed by atoms with Gasteiger partial charge in [-0.1, -0.05) is 19.3 Å². The van der Waals surface area contributed by atoms with Crippen LogP contribution in [0.2, 0.25) is 0 Å². The Morgan fingerprint density at radius 3 is 2.52 bits per heavy atom. The maximum atomic E-state index is 12.7. The molecule has 116 valence electrons. The zero-order valence-electron chi connectivity index (χ0n) is 13.1. The standard InChI is InChI=1S/C17H27N3O/c1-2-20(13-15-6-10-19-11-7-15)16(21)12-17(14-18)8-4-3-5-9-17/h6-7,10-11H,2-5,8-9,12-14,18H2,1H3. The minimum Gasteiger partial charge on any atom is -0.339 e. The third kappa shape index (κ3) is 4.27. The van der Waals surface area contributed by atoms with Crippen molar-refractivity contribution in [1.82, 2.24) is 9.88 Å². The molecular weight excluding hydrogens is 262 g/mol. The molecular formula is C17H27N3O. The lowest BCUT2D eigenvalue weighted by Gasteiger charge is -2.37. The van der Waals surface area contributed by atoms with Crippen molar-refractivity contribution in [2.24, 2.45) is 11.1 Å². The molecule has 1 amide bonds. The Labute approximate surface area is 127 Å². The van der Waals surface area contributed by atoms with Gasteiger partial charge in [0, 0.05) is 31.9 Å². The van der Waals surface area contributed by atoms with Crippen LogP contribution in [0.25, 0.3) is 0 Å². The predicted molar refractivity (Wildman–Crippen MR) is 84.5 cm³/mol. The zero-order chi connectivity index (χ0) is 15.1. The Hall–Kier alpha value is -1.42. The number of carbonyl (C=O) groups is 1. The van der Waals surface area contributed by atoms with Crippen LogP contribution in [0.3, 0.4) is 0 Å². The summed E-state index contributed by atoms with van der Waals surface area (Å²) in [6, 6.07) is 3.94. The van der Waals surface area contributed by atoms with E-state index in [1.165, 1.54) is 19.3 Å². The van der Waals surface area contributed by atoms with Crippen LogP contribution in [-0.4, -0.2) is 28.9 Å². The largest absolute Gasteiger partial charge is 0.339 e. The van der Waals surface area contributed by atoms with Gasteiger partial charge in [-0.15, -0.1) is 0 Å². The lowest BCUT2D eigenvalue weighted by molar-refractivity contribution is -0.134. The fraction of sp³-hybridized carbons (Fsp3) is 0.647. The monoisotopic (exact) mass is 289 g/mol. The highest BCUT2D eigenvalue weighted by Gasteiger charge is 2.34. The van der Waals surface area contributed by atoms with Crippen LogP contribution in [0.1, 0.15) is 51.0 Å². The van der Waals surface area contributed by atoms with Crippen molar-refractivity contribution in [3.63, 3.8) is 0 Å². The van der Waals surface area contributed by atoms with Crippen molar-refractivity contribution in [3.05, 3.63) is 30.1 Å². The Balaban J connectivity index is 1.99. The summed E-state index contributed by atoms with van der Waals surface area (Å²) < 4.78 is 0. The average Bonchev–Trinajstić information content (AvgIpc) is 2.54. The molecule has 0 saturated heterocycles. The van der Waals surface area contributed by atoms with Crippen molar-refractivity contribution in [2.45, 2.75) is 52.0 Å². The number of hydrogen-bond acceptors (Lipinski definition) is 3. The van der Waals surface area contributed by atoms with E-state index in [2.05, 4.69) is 4.98 Å². The molecule has 0 radical (unpaired) electrons. The quantitative estimate of drug-likeness (QED) is 0.876. The van der Waals surface area contributed by atoms with Gasteiger partial charge in [-0.25, -0.2) is 0 Å². The van der Waals surface area contributed by atoms with Crippen molar-refractivity contribution in [2.75, 3.05) is 13.1 Å². The molecule has 2 N–H and O–H groups in total. The van der Waals surface area contributed by atoms with Gasteiger partial charge in [-0.2, -0.15) is 0 Å². The van der Waals surface area contributed by atoms with Gasteiger partial charge in [0.25, 0.3) is 0 Å². The van der Waals surface area contributed by atoms with Crippen molar-refractivity contribution >= 4 is 5.91 Å². The third-order valence-corrected chi connectivity index (χ3v) is 4.73. The van der Waals surface area contributed by atoms with E-state index in [9.17, 15) is 4.79 Å². The molecule has 1 aliphatic carbocycles. The first kappa shape index (κ1) is 16.0. The highest BCUT2D eigenvalue weighted by molar-refractivity contribution is 5.77. The van der Waals surface area contributed by atoms with Crippen LogP contribution in [0.15, 0.2) is 24.5 Å². The van der Waals surface area contributed by atoms with Crippen molar-refractivity contribution < 1.29 is 4.79 Å². The number of aromatic nitrogens is 1. The molecule has 0 bridgehead atoms. The summed E-state index contributed by atoms with van der Waals surface area (Å²) in [5.41, 5.74) is 7.17. The van der Waals surface area contributed by atoms with Crippen LogP contribution in [-0.2, 0) is 11.3 Å². The van der Waals surface area contributed by atoms with E-state index in [1.54, 1.807) is 12.4 Å². The highest BCUT2D eigenvalue weighted by Crippen LogP contribution is 2.38. The number of amides is 1. The molecule has 0 unspecified atom stereocenters. The number of hydrogen-bond donors (Lipinski definition) is 1. The number of nitrogens with zero attached hydrogens (tertiary/aromatic N) is 2. The van der Waals surface area contributed by atoms with Crippen LogP contribution in [0.4, 0.5) is 0 Å². The van der Waals surface area contributed by atoms with Gasteiger partial charge in [0.05, 0.1) is 0 Å². The lowest BCUT2D eigenvalue weighted by Crippen LogP contribution is -2.40. The van der Waals surface area contributed by atoms with Gasteiger partial charge in [-0.05, 0) is 49.4 Å². The zero-order valence-corrected chi connectivity index (χ0v) is 13.1. The van der Waals surface area contributed by atoms with Crippen LogP contribution < -0.4 is 5.73 Å². The summed E-state index contributed by atoms with van der Waals surface area (Å²) in [5.74, 6) is 0.238. The Kier molecular flexibility index (Phi) is 5.74. The summed E-state index contributed by atoms with van der Waals surface area (Å²) in [6.07, 6.45) is 10.0. The summed E-state index contributed by atoms with van der Waals surface area (Å²) in [6.45, 7) is 4.07. The molecule has 1 aromatic rings. The molecule has 0 aliphatic heterocycles. The van der Waals surface area contributed by atoms with E-state index in [4.69, 9.17) is 5.73 Å². The number of nitrogens with two attached hydrogens (primary N) is 1. The number of carbonyl (C=O) groups excluding carboxylic acids is 1. The van der Waals surface area contributed by atoms with Crippen LogP contribution >= 0.6 is 0 Å².